The summed E-state index contributed by atoms with van der Waals surface area (Å²) in [6, 6.07) is 6.84. The first-order valence-electron chi connectivity index (χ1n) is 3.71. The summed E-state index contributed by atoms with van der Waals surface area (Å²) in [6.07, 6.45) is 0.796. The van der Waals surface area contributed by atoms with E-state index in [9.17, 15) is 0 Å². The zero-order chi connectivity index (χ0) is 8.81. The molecule has 12 heavy (non-hydrogen) atoms. The highest BCUT2D eigenvalue weighted by Gasteiger charge is 1.86. The fourth-order valence-electron chi connectivity index (χ4n) is 0.765. The van der Waals surface area contributed by atoms with Gasteiger partial charge in [0.05, 0.1) is 0 Å². The average Bonchev–Trinajstić information content (AvgIpc) is 2.09. The van der Waals surface area contributed by atoms with Crippen LogP contribution in [0, 0.1) is 11.8 Å². The lowest BCUT2D eigenvalue weighted by atomic mass is 10.2. The Hall–Kier alpha value is -1.07. The highest BCUT2D eigenvalue weighted by Crippen LogP contribution is 2.08. The Morgan fingerprint density at radius 3 is 2.50 bits per heavy atom. The van der Waals surface area contributed by atoms with Crippen molar-refractivity contribution in [1.29, 1.82) is 0 Å². The molecule has 2 heteroatoms. The summed E-state index contributed by atoms with van der Waals surface area (Å²) >= 11 is 4.04. The van der Waals surface area contributed by atoms with Crippen LogP contribution in [0.25, 0.3) is 0 Å². The summed E-state index contributed by atoms with van der Waals surface area (Å²) in [6.45, 7) is 0. The molecule has 0 fully saturated rings. The van der Waals surface area contributed by atoms with Crippen molar-refractivity contribution in [3.05, 3.63) is 29.8 Å². The van der Waals surface area contributed by atoms with E-state index in [4.69, 9.17) is 5.11 Å². The molecule has 0 aliphatic carbocycles. The predicted octanol–water partition coefficient (Wildman–Crippen LogP) is 2.06. The number of benzene rings is 1. The van der Waals surface area contributed by atoms with Gasteiger partial charge >= 0.3 is 0 Å². The van der Waals surface area contributed by atoms with Gasteiger partial charge in [0.1, 0.15) is 5.75 Å². The first kappa shape index (κ1) is 9.02. The van der Waals surface area contributed by atoms with Crippen molar-refractivity contribution in [2.45, 2.75) is 6.42 Å². The molecule has 1 aromatic carbocycles. The Morgan fingerprint density at radius 1 is 1.25 bits per heavy atom. The number of hydrogen-bond acceptors (Lipinski definition) is 2. The summed E-state index contributed by atoms with van der Waals surface area (Å²) in [5.74, 6) is 6.98. The van der Waals surface area contributed by atoms with Crippen LogP contribution in [0.5, 0.6) is 5.75 Å². The molecule has 0 atom stereocenters. The fraction of sp³-hybridized carbons (Fsp3) is 0.200. The SMILES string of the molecule is Oc1ccc(C#CCCS)cc1. The number of thiol groups is 1. The monoisotopic (exact) mass is 178 g/mol. The predicted molar refractivity (Wildman–Crippen MR) is 53.5 cm³/mol. The van der Waals surface area contributed by atoms with Gasteiger partial charge in [-0.2, -0.15) is 12.6 Å². The molecule has 0 spiro atoms. The molecule has 0 saturated carbocycles. The summed E-state index contributed by atoms with van der Waals surface area (Å²) in [5.41, 5.74) is 0.926. The van der Waals surface area contributed by atoms with Crippen LogP contribution in [0.2, 0.25) is 0 Å². The van der Waals surface area contributed by atoms with E-state index in [0.717, 1.165) is 17.7 Å². The van der Waals surface area contributed by atoms with E-state index >= 15 is 0 Å². The third kappa shape index (κ3) is 2.89. The maximum Gasteiger partial charge on any atom is 0.115 e. The van der Waals surface area contributed by atoms with Crippen molar-refractivity contribution in [2.24, 2.45) is 0 Å². The first-order valence-corrected chi connectivity index (χ1v) is 4.35. The van der Waals surface area contributed by atoms with E-state index in [1.165, 1.54) is 0 Å². The average molecular weight is 178 g/mol. The van der Waals surface area contributed by atoms with Gasteiger partial charge in [0, 0.05) is 17.7 Å². The van der Waals surface area contributed by atoms with Crippen LogP contribution >= 0.6 is 12.6 Å². The molecule has 62 valence electrons. The maximum atomic E-state index is 8.97. The number of aromatic hydroxyl groups is 1. The smallest absolute Gasteiger partial charge is 0.115 e. The van der Waals surface area contributed by atoms with E-state index in [1.807, 2.05) is 0 Å². The Bertz CT molecular complexity index is 292. The summed E-state index contributed by atoms with van der Waals surface area (Å²) in [4.78, 5) is 0. The van der Waals surface area contributed by atoms with Gasteiger partial charge in [0.2, 0.25) is 0 Å². The molecule has 0 aromatic heterocycles. The third-order valence-corrected chi connectivity index (χ3v) is 1.56. The van der Waals surface area contributed by atoms with Gasteiger partial charge in [-0.25, -0.2) is 0 Å². The van der Waals surface area contributed by atoms with Crippen LogP contribution in [-0.4, -0.2) is 10.9 Å². The minimum Gasteiger partial charge on any atom is -0.508 e. The van der Waals surface area contributed by atoms with Gasteiger partial charge in [-0.05, 0) is 24.3 Å². The molecule has 0 heterocycles. The molecule has 0 aliphatic rings. The summed E-state index contributed by atoms with van der Waals surface area (Å²) in [7, 11) is 0. The summed E-state index contributed by atoms with van der Waals surface area (Å²) < 4.78 is 0. The van der Waals surface area contributed by atoms with E-state index in [1.54, 1.807) is 24.3 Å². The van der Waals surface area contributed by atoms with E-state index in [0.29, 0.717) is 0 Å². The summed E-state index contributed by atoms with van der Waals surface area (Å²) in [5, 5.41) is 8.97. The minimum absolute atomic E-state index is 0.273. The lowest BCUT2D eigenvalue weighted by Gasteiger charge is -1.90. The van der Waals surface area contributed by atoms with Crippen LogP contribution in [0.15, 0.2) is 24.3 Å². The van der Waals surface area contributed by atoms with Crippen molar-refractivity contribution in [3.8, 4) is 17.6 Å². The van der Waals surface area contributed by atoms with Crippen LogP contribution in [0.3, 0.4) is 0 Å². The molecule has 0 amide bonds. The molecule has 1 nitrogen and oxygen atoms in total. The van der Waals surface area contributed by atoms with Gasteiger partial charge < -0.3 is 5.11 Å². The Kier molecular flexibility index (Phi) is 3.56. The van der Waals surface area contributed by atoms with Gasteiger partial charge in [0.25, 0.3) is 0 Å². The molecule has 0 radical (unpaired) electrons. The van der Waals surface area contributed by atoms with E-state index in [2.05, 4.69) is 24.5 Å². The quantitative estimate of drug-likeness (QED) is 0.498. The highest BCUT2D eigenvalue weighted by atomic mass is 32.1. The second-order valence-corrected chi connectivity index (χ2v) is 2.77. The second-order valence-electron chi connectivity index (χ2n) is 2.32. The maximum absolute atomic E-state index is 8.97. The fourth-order valence-corrected chi connectivity index (χ4v) is 0.877. The van der Waals surface area contributed by atoms with Gasteiger partial charge in [-0.1, -0.05) is 11.8 Å². The topological polar surface area (TPSA) is 20.2 Å². The number of phenols is 1. The van der Waals surface area contributed by atoms with Crippen LogP contribution < -0.4 is 0 Å². The minimum atomic E-state index is 0.273. The third-order valence-electron chi connectivity index (χ3n) is 1.34. The zero-order valence-electron chi connectivity index (χ0n) is 6.62. The molecular formula is C10H10OS. The van der Waals surface area contributed by atoms with Crippen molar-refractivity contribution >= 4 is 12.6 Å². The Balaban J connectivity index is 2.66. The number of rotatable bonds is 1. The Labute approximate surface area is 77.8 Å². The highest BCUT2D eigenvalue weighted by molar-refractivity contribution is 7.80. The van der Waals surface area contributed by atoms with Gasteiger partial charge in [-0.15, -0.1) is 0 Å². The van der Waals surface area contributed by atoms with E-state index < -0.39 is 0 Å². The van der Waals surface area contributed by atoms with Crippen molar-refractivity contribution < 1.29 is 5.11 Å². The Morgan fingerprint density at radius 2 is 1.92 bits per heavy atom. The van der Waals surface area contributed by atoms with Crippen molar-refractivity contribution in [1.82, 2.24) is 0 Å². The van der Waals surface area contributed by atoms with Crippen molar-refractivity contribution in [3.63, 3.8) is 0 Å². The lowest BCUT2D eigenvalue weighted by Crippen LogP contribution is -1.73. The molecule has 1 aromatic rings. The second kappa shape index (κ2) is 4.74. The van der Waals surface area contributed by atoms with Crippen LogP contribution in [-0.2, 0) is 0 Å². The zero-order valence-corrected chi connectivity index (χ0v) is 7.51. The van der Waals surface area contributed by atoms with Crippen LogP contribution in [0.1, 0.15) is 12.0 Å². The van der Waals surface area contributed by atoms with E-state index in [-0.39, 0.29) is 5.75 Å². The number of phenolic OH excluding ortho intramolecular Hbond substituents is 1. The normalized spacial score (nSPS) is 8.75. The standard InChI is InChI=1S/C10H10OS/c11-10-6-4-9(5-7-10)3-1-2-8-12/h4-7,11-12H,2,8H2. The number of hydrogen-bond donors (Lipinski definition) is 2. The van der Waals surface area contributed by atoms with Crippen molar-refractivity contribution in [2.75, 3.05) is 5.75 Å². The van der Waals surface area contributed by atoms with Gasteiger partial charge in [0.15, 0.2) is 0 Å². The van der Waals surface area contributed by atoms with Gasteiger partial charge in [-0.3, -0.25) is 0 Å². The first-order chi connectivity index (χ1) is 5.83. The molecule has 0 unspecified atom stereocenters. The molecule has 1 N–H and O–H groups in total. The molecule has 0 aliphatic heterocycles. The molecule has 1 rings (SSSR count). The largest absolute Gasteiger partial charge is 0.508 e. The molecular weight excluding hydrogens is 168 g/mol. The van der Waals surface area contributed by atoms with Crippen LogP contribution in [0.4, 0.5) is 0 Å². The molecule has 0 bridgehead atoms. The lowest BCUT2D eigenvalue weighted by molar-refractivity contribution is 0.475. The molecule has 0 saturated heterocycles.